The van der Waals surface area contributed by atoms with E-state index in [1.165, 1.54) is 34.7 Å². The molecule has 2 aromatic carbocycles. The molecule has 0 bridgehead atoms. The van der Waals surface area contributed by atoms with Crippen LogP contribution >= 0.6 is 0 Å². The molecule has 5 nitrogen and oxygen atoms in total. The molecule has 0 atom stereocenters. The molecule has 194 valence electrons. The number of aromatic nitrogens is 1. The van der Waals surface area contributed by atoms with Gasteiger partial charge in [-0.05, 0) is 0 Å². The van der Waals surface area contributed by atoms with Gasteiger partial charge in [-0.3, -0.25) is 0 Å². The van der Waals surface area contributed by atoms with Gasteiger partial charge in [0.1, 0.15) is 0 Å². The van der Waals surface area contributed by atoms with Crippen molar-refractivity contribution in [3.05, 3.63) is 81.0 Å². The molecular formula is C29H32N2O3SSe2. The van der Waals surface area contributed by atoms with Crippen LogP contribution in [0.1, 0.15) is 44.6 Å². The molecule has 37 heavy (non-hydrogen) atoms. The van der Waals surface area contributed by atoms with Crippen molar-refractivity contribution in [1.29, 1.82) is 0 Å². The number of allylic oxidation sites excluding steroid dienone is 4. The van der Waals surface area contributed by atoms with Crippen LogP contribution in [0.5, 0.6) is 0 Å². The Kier molecular flexibility index (Phi) is 7.70. The van der Waals surface area contributed by atoms with Crippen molar-refractivity contribution >= 4 is 65.6 Å². The summed E-state index contributed by atoms with van der Waals surface area (Å²) in [5, 5.41) is 0. The summed E-state index contributed by atoms with van der Waals surface area (Å²) in [4.78, 5) is 2.46. The Morgan fingerprint density at radius 1 is 1.08 bits per heavy atom. The molecule has 0 radical (unpaired) electrons. The van der Waals surface area contributed by atoms with Crippen LogP contribution < -0.4 is 13.9 Å². The molecule has 1 aliphatic heterocycles. The Bertz CT molecular complexity index is 1530. The number of hydrogen-bond donors (Lipinski definition) is 0. The minimum atomic E-state index is -4.21. The Morgan fingerprint density at radius 3 is 2.62 bits per heavy atom. The van der Waals surface area contributed by atoms with Gasteiger partial charge in [0.2, 0.25) is 0 Å². The number of aryl methyl sites for hydroxylation is 1. The number of para-hydroxylation sites is 2. The van der Waals surface area contributed by atoms with Crippen molar-refractivity contribution in [2.45, 2.75) is 46.6 Å². The molecule has 0 amide bonds. The quantitative estimate of drug-likeness (QED) is 0.222. The SMILES string of the molecule is CCN1C(=CC2=CC(=Cc3[se]c4ccccc4[n+]3CCCS(=O)(=O)[O-])CC(C)(C)C2)[Se]c2ccccc21. The molecule has 0 saturated carbocycles. The summed E-state index contributed by atoms with van der Waals surface area (Å²) in [5.41, 5.74) is 5.34. The van der Waals surface area contributed by atoms with Crippen LogP contribution in [0.15, 0.2) is 76.4 Å². The molecule has 1 aromatic heterocycles. The van der Waals surface area contributed by atoms with Crippen molar-refractivity contribution in [2.24, 2.45) is 5.41 Å². The number of benzene rings is 2. The summed E-state index contributed by atoms with van der Waals surface area (Å²) < 4.78 is 41.3. The monoisotopic (exact) mass is 648 g/mol. The van der Waals surface area contributed by atoms with Gasteiger partial charge in [-0.15, -0.1) is 0 Å². The van der Waals surface area contributed by atoms with Gasteiger partial charge >= 0.3 is 233 Å². The Labute approximate surface area is 232 Å². The third-order valence-corrected chi connectivity index (χ3v) is 12.2. The molecule has 0 saturated heterocycles. The van der Waals surface area contributed by atoms with Crippen molar-refractivity contribution < 1.29 is 17.5 Å². The first-order valence-corrected chi connectivity index (χ1v) is 17.6. The van der Waals surface area contributed by atoms with Gasteiger partial charge in [-0.25, -0.2) is 0 Å². The van der Waals surface area contributed by atoms with Crippen LogP contribution in [0.3, 0.4) is 0 Å². The van der Waals surface area contributed by atoms with Crippen molar-refractivity contribution in [3.63, 3.8) is 0 Å². The molecular weight excluding hydrogens is 614 g/mol. The second kappa shape index (κ2) is 10.7. The fourth-order valence-electron chi connectivity index (χ4n) is 5.29. The summed E-state index contributed by atoms with van der Waals surface area (Å²) in [5.74, 6) is -0.328. The van der Waals surface area contributed by atoms with E-state index in [1.54, 1.807) is 0 Å². The Morgan fingerprint density at radius 2 is 1.84 bits per heavy atom. The average Bonchev–Trinajstić information content (AvgIpc) is 3.34. The fourth-order valence-corrected chi connectivity index (χ4v) is 10.7. The van der Waals surface area contributed by atoms with Gasteiger partial charge in [0, 0.05) is 0 Å². The van der Waals surface area contributed by atoms with E-state index >= 15 is 0 Å². The molecule has 2 heterocycles. The second-order valence-corrected chi connectivity index (χ2v) is 16.4. The van der Waals surface area contributed by atoms with Gasteiger partial charge in [0.15, 0.2) is 0 Å². The summed E-state index contributed by atoms with van der Waals surface area (Å²) >= 11 is 0.450. The van der Waals surface area contributed by atoms with E-state index in [-0.39, 0.29) is 25.7 Å². The molecule has 8 heteroatoms. The number of nitrogens with zero attached hydrogens (tertiary/aromatic N) is 2. The average molecular weight is 647 g/mol. The van der Waals surface area contributed by atoms with Crippen LogP contribution in [-0.2, 0) is 16.7 Å². The van der Waals surface area contributed by atoms with Gasteiger partial charge < -0.3 is 0 Å². The maximum atomic E-state index is 11.2. The normalized spacial score (nSPS) is 19.6. The van der Waals surface area contributed by atoms with Crippen LogP contribution in [-0.4, -0.2) is 54.7 Å². The van der Waals surface area contributed by atoms with Crippen LogP contribution in [0.2, 0.25) is 0 Å². The Hall–Kier alpha value is -1.92. The van der Waals surface area contributed by atoms with Gasteiger partial charge in [-0.1, -0.05) is 0 Å². The first-order valence-electron chi connectivity index (χ1n) is 12.6. The summed E-state index contributed by atoms with van der Waals surface area (Å²) in [7, 11) is -4.21. The predicted molar refractivity (Wildman–Crippen MR) is 152 cm³/mol. The van der Waals surface area contributed by atoms with Crippen molar-refractivity contribution in [1.82, 2.24) is 0 Å². The van der Waals surface area contributed by atoms with E-state index in [0.717, 1.165) is 24.9 Å². The number of hydrogen-bond acceptors (Lipinski definition) is 4. The molecule has 0 fully saturated rings. The molecule has 0 spiro atoms. The van der Waals surface area contributed by atoms with Crippen LogP contribution in [0.25, 0.3) is 15.9 Å². The van der Waals surface area contributed by atoms with E-state index in [0.29, 0.717) is 27.9 Å². The topological polar surface area (TPSA) is 64.3 Å². The molecule has 0 N–H and O–H groups in total. The zero-order valence-electron chi connectivity index (χ0n) is 21.4. The fraction of sp³-hybridized carbons (Fsp3) is 0.345. The molecule has 1 aliphatic carbocycles. The number of fused-ring (bicyclic) bond motifs is 2. The zero-order valence-corrected chi connectivity index (χ0v) is 25.7. The van der Waals surface area contributed by atoms with Crippen LogP contribution in [0, 0.1) is 5.41 Å². The van der Waals surface area contributed by atoms with E-state index in [4.69, 9.17) is 0 Å². The minimum absolute atomic E-state index is 0.142. The van der Waals surface area contributed by atoms with Gasteiger partial charge in [0.25, 0.3) is 0 Å². The third kappa shape index (κ3) is 6.22. The van der Waals surface area contributed by atoms with Crippen LogP contribution in [0.4, 0.5) is 5.69 Å². The van der Waals surface area contributed by atoms with Gasteiger partial charge in [-0.2, -0.15) is 0 Å². The Balaban J connectivity index is 1.50. The summed E-state index contributed by atoms with van der Waals surface area (Å²) in [6, 6.07) is 17.1. The number of rotatable bonds is 7. The first kappa shape index (κ1) is 26.7. The molecule has 3 aromatic rings. The summed E-state index contributed by atoms with van der Waals surface area (Å²) in [6.07, 6.45) is 9.50. The first-order chi connectivity index (χ1) is 17.6. The molecule has 0 unspecified atom stereocenters. The molecule has 2 aliphatic rings. The van der Waals surface area contributed by atoms with E-state index in [2.05, 4.69) is 90.9 Å². The van der Waals surface area contributed by atoms with E-state index in [1.807, 2.05) is 6.07 Å². The van der Waals surface area contributed by atoms with Gasteiger partial charge in [0.05, 0.1) is 0 Å². The maximum absolute atomic E-state index is 11.2. The standard InChI is InChI=1S/C29H32N2O3SSe2/c1-4-30-23-10-5-7-12-25(23)36-27(30)17-21-16-22(20-29(2,3)19-21)18-28-31(14-9-15-35(32,33)34)24-11-6-8-13-26(24)37-28/h5-8,10-13,16-18H,4,9,14-15,19-20H2,1-3H3. The van der Waals surface area contributed by atoms with E-state index < -0.39 is 10.1 Å². The van der Waals surface area contributed by atoms with Crippen molar-refractivity contribution in [2.75, 3.05) is 17.2 Å². The predicted octanol–water partition coefficient (Wildman–Crippen LogP) is 3.96. The molecule has 5 rings (SSSR count). The van der Waals surface area contributed by atoms with Crippen molar-refractivity contribution in [3.8, 4) is 0 Å². The number of anilines is 1. The second-order valence-electron chi connectivity index (χ2n) is 10.4. The third-order valence-electron chi connectivity index (χ3n) is 6.72. The summed E-state index contributed by atoms with van der Waals surface area (Å²) in [6.45, 7) is 8.41. The zero-order chi connectivity index (χ0) is 26.2. The van der Waals surface area contributed by atoms with E-state index in [9.17, 15) is 13.0 Å².